The lowest BCUT2D eigenvalue weighted by molar-refractivity contribution is -0.383. The SMILES string of the molecule is C/C(=N\NC(=O)Nc1cc(F)cc(F)c1)c1ncccc1C(=O)O.CP(=O)(O)CCC(N)C(=O)O.Nc1c([N+](=O)[O-])cnn1-c1c(Cl)cc(C(F)(F)F)cc1Cl. The number of rotatable bonds is 10. The number of benzene rings is 2. The molecule has 0 radical (unpaired) electrons. The molecule has 26 heteroatoms. The van der Waals surface area contributed by atoms with E-state index in [-0.39, 0.29) is 51.0 Å². The van der Waals surface area contributed by atoms with Gasteiger partial charge in [0, 0.05) is 30.8 Å². The number of aliphatic carboxylic acids is 1. The summed E-state index contributed by atoms with van der Waals surface area (Å²) < 4.78 is 75.4. The summed E-state index contributed by atoms with van der Waals surface area (Å²) in [5.74, 6) is -4.41. The second-order valence-electron chi connectivity index (χ2n) is 11.0. The van der Waals surface area contributed by atoms with Crippen molar-refractivity contribution in [2.75, 3.05) is 23.9 Å². The quantitative estimate of drug-likeness (QED) is 0.0318. The third kappa shape index (κ3) is 14.2. The van der Waals surface area contributed by atoms with Crippen LogP contribution in [0, 0.1) is 21.7 Å². The van der Waals surface area contributed by atoms with E-state index < -0.39 is 71.2 Å². The van der Waals surface area contributed by atoms with Gasteiger partial charge in [-0.15, -0.1) is 0 Å². The molecule has 4 aromatic rings. The molecule has 4 rings (SSSR count). The number of urea groups is 1. The minimum atomic E-state index is -4.63. The van der Waals surface area contributed by atoms with E-state index in [0.29, 0.717) is 18.2 Å². The molecule has 56 heavy (non-hydrogen) atoms. The average Bonchev–Trinajstić information content (AvgIpc) is 3.45. The highest BCUT2D eigenvalue weighted by Gasteiger charge is 2.33. The summed E-state index contributed by atoms with van der Waals surface area (Å²) in [6, 6.07) is 4.72. The number of anilines is 2. The summed E-state index contributed by atoms with van der Waals surface area (Å²) >= 11 is 11.5. The third-order valence-electron chi connectivity index (χ3n) is 6.54. The van der Waals surface area contributed by atoms with Gasteiger partial charge in [0.25, 0.3) is 0 Å². The van der Waals surface area contributed by atoms with Crippen molar-refractivity contribution in [1.29, 1.82) is 0 Å². The van der Waals surface area contributed by atoms with Crippen LogP contribution in [0.1, 0.15) is 35.0 Å². The Morgan fingerprint density at radius 1 is 1.11 bits per heavy atom. The Bertz CT molecular complexity index is 2140. The molecule has 0 saturated heterocycles. The zero-order valence-electron chi connectivity index (χ0n) is 28.5. The highest BCUT2D eigenvalue weighted by Crippen LogP contribution is 2.39. The number of nitrogens with two attached hydrogens (primary N) is 2. The van der Waals surface area contributed by atoms with Crippen molar-refractivity contribution in [1.82, 2.24) is 20.2 Å². The number of halogens is 7. The fraction of sp³-hybridized carbons (Fsp3) is 0.200. The number of hydrogen-bond donors (Lipinski definition) is 7. The number of aromatic carboxylic acids is 1. The molecule has 18 nitrogen and oxygen atoms in total. The number of nitro groups is 1. The molecule has 2 aromatic carbocycles. The highest BCUT2D eigenvalue weighted by atomic mass is 35.5. The summed E-state index contributed by atoms with van der Waals surface area (Å²) in [6.45, 7) is 2.64. The predicted molar refractivity (Wildman–Crippen MR) is 192 cm³/mol. The lowest BCUT2D eigenvalue weighted by Crippen LogP contribution is -2.30. The van der Waals surface area contributed by atoms with Crippen molar-refractivity contribution >= 4 is 71.4 Å². The normalized spacial score (nSPS) is 12.8. The number of alkyl halides is 3. The molecule has 2 unspecified atom stereocenters. The van der Waals surface area contributed by atoms with Gasteiger partial charge in [-0.25, -0.2) is 28.5 Å². The molecule has 2 amide bonds. The van der Waals surface area contributed by atoms with Gasteiger partial charge in [0.05, 0.1) is 31.8 Å². The number of nitrogen functional groups attached to an aromatic ring is 1. The molecular formula is C30H29Cl2F5N9O9P. The van der Waals surface area contributed by atoms with Crippen LogP contribution in [-0.2, 0) is 15.5 Å². The van der Waals surface area contributed by atoms with Gasteiger partial charge in [0.15, 0.2) is 7.37 Å². The van der Waals surface area contributed by atoms with Crippen LogP contribution in [0.3, 0.4) is 0 Å². The Morgan fingerprint density at radius 3 is 2.14 bits per heavy atom. The molecule has 2 atom stereocenters. The maximum absolute atomic E-state index is 13.0. The number of aromatic nitrogens is 3. The summed E-state index contributed by atoms with van der Waals surface area (Å²) in [5, 5.41) is 36.8. The Balaban J connectivity index is 0.000000310. The van der Waals surface area contributed by atoms with Gasteiger partial charge in [-0.1, -0.05) is 23.2 Å². The first-order valence-corrected chi connectivity index (χ1v) is 17.9. The highest BCUT2D eigenvalue weighted by molar-refractivity contribution is 7.57. The van der Waals surface area contributed by atoms with Crippen molar-refractivity contribution < 1.29 is 60.9 Å². The van der Waals surface area contributed by atoms with Crippen molar-refractivity contribution in [3.8, 4) is 5.69 Å². The molecule has 9 N–H and O–H groups in total. The minimum Gasteiger partial charge on any atom is -0.480 e. The molecule has 0 bridgehead atoms. The Labute approximate surface area is 321 Å². The fourth-order valence-corrected chi connectivity index (χ4v) is 5.34. The number of carbonyl (C=O) groups excluding carboxylic acids is 1. The first-order chi connectivity index (χ1) is 25.8. The molecule has 0 aliphatic carbocycles. The molecule has 0 saturated carbocycles. The van der Waals surface area contributed by atoms with E-state index in [0.717, 1.165) is 23.0 Å². The van der Waals surface area contributed by atoms with Crippen molar-refractivity contribution in [2.45, 2.75) is 25.6 Å². The second kappa shape index (κ2) is 19.7. The molecule has 0 aliphatic heterocycles. The number of amides is 2. The fourth-order valence-electron chi connectivity index (χ4n) is 3.94. The zero-order chi connectivity index (χ0) is 42.7. The number of hydrazone groups is 1. The number of pyridine rings is 1. The van der Waals surface area contributed by atoms with E-state index >= 15 is 0 Å². The monoisotopic (exact) mass is 855 g/mol. The second-order valence-corrected chi connectivity index (χ2v) is 14.4. The molecule has 0 spiro atoms. The molecule has 302 valence electrons. The van der Waals surface area contributed by atoms with Crippen LogP contribution in [0.2, 0.25) is 10.0 Å². The smallest absolute Gasteiger partial charge is 0.416 e. The number of carbonyl (C=O) groups is 3. The molecular weight excluding hydrogens is 827 g/mol. The van der Waals surface area contributed by atoms with E-state index in [2.05, 4.69) is 25.9 Å². The molecule has 2 heterocycles. The van der Waals surface area contributed by atoms with E-state index in [4.69, 9.17) is 49.8 Å². The van der Waals surface area contributed by atoms with Gasteiger partial charge in [-0.3, -0.25) is 24.5 Å². The van der Waals surface area contributed by atoms with Crippen molar-refractivity contribution in [3.05, 3.63) is 103 Å². The third-order valence-corrected chi connectivity index (χ3v) is 8.20. The lowest BCUT2D eigenvalue weighted by Gasteiger charge is -2.12. The number of nitrogens with one attached hydrogen (secondary N) is 2. The number of carboxylic acids is 2. The van der Waals surface area contributed by atoms with E-state index in [1.165, 1.54) is 31.9 Å². The topological polar surface area (TPSA) is 291 Å². The van der Waals surface area contributed by atoms with E-state index in [1.807, 2.05) is 0 Å². The summed E-state index contributed by atoms with van der Waals surface area (Å²) in [6.07, 6.45) is -2.40. The van der Waals surface area contributed by atoms with Crippen LogP contribution in [0.5, 0.6) is 0 Å². The summed E-state index contributed by atoms with van der Waals surface area (Å²) in [7, 11) is -3.10. The van der Waals surface area contributed by atoms with Crippen molar-refractivity contribution in [2.24, 2.45) is 10.8 Å². The summed E-state index contributed by atoms with van der Waals surface area (Å²) in [4.78, 5) is 55.5. The van der Waals surface area contributed by atoms with Crippen LogP contribution < -0.4 is 22.2 Å². The minimum absolute atomic E-state index is 0.0412. The van der Waals surface area contributed by atoms with E-state index in [9.17, 15) is 51.0 Å². The van der Waals surface area contributed by atoms with Gasteiger partial charge in [0.2, 0.25) is 5.82 Å². The average molecular weight is 856 g/mol. The Kier molecular flexibility index (Phi) is 16.4. The largest absolute Gasteiger partial charge is 0.480 e. The number of hydrogen-bond acceptors (Lipinski definition) is 11. The van der Waals surface area contributed by atoms with Gasteiger partial charge >= 0.3 is 29.8 Å². The van der Waals surface area contributed by atoms with Crippen LogP contribution in [0.25, 0.3) is 5.69 Å². The van der Waals surface area contributed by atoms with Crippen LogP contribution >= 0.6 is 30.6 Å². The molecule has 0 fully saturated rings. The van der Waals surface area contributed by atoms with Crippen LogP contribution in [0.15, 0.2) is 60.0 Å². The number of carboxylic acid groups (broad SMARTS) is 2. The molecule has 0 aliphatic rings. The lowest BCUT2D eigenvalue weighted by atomic mass is 10.1. The number of nitrogens with zero attached hydrogens (tertiary/aromatic N) is 5. The molecule has 2 aromatic heterocycles. The van der Waals surface area contributed by atoms with Crippen molar-refractivity contribution in [3.63, 3.8) is 0 Å². The Morgan fingerprint density at radius 2 is 1.68 bits per heavy atom. The van der Waals surface area contributed by atoms with Crippen LogP contribution in [0.4, 0.5) is 43.9 Å². The van der Waals surface area contributed by atoms with Crippen LogP contribution in [-0.4, -0.2) is 77.3 Å². The van der Waals surface area contributed by atoms with Gasteiger partial charge in [-0.2, -0.15) is 23.4 Å². The standard InChI is InChI=1S/C15H12F2N4O3.C10H5Cl2F3N4O2.C5H12NO4P/c1-8(13-12(14(22)23)3-2-4-18-13)20-21-15(24)19-11-6-9(16)5-10(17)7-11;11-5-1-4(10(13,14)15)2-6(12)8(5)18-9(16)7(3-17-18)19(20)21;1-11(9,10)3-2-4(6)5(7)8/h2-7H,1H3,(H,22,23)(H2,19,21,24);1-3H,16H2;4H,2-3,6H2,1H3,(H,7,8)(H,9,10)/b20-8+;;. The zero-order valence-corrected chi connectivity index (χ0v) is 30.9. The maximum atomic E-state index is 13.0. The predicted octanol–water partition coefficient (Wildman–Crippen LogP) is 5.98. The maximum Gasteiger partial charge on any atom is 0.416 e. The van der Waals surface area contributed by atoms with Gasteiger partial charge < -0.3 is 31.9 Å². The Hall–Kier alpha value is -5.74. The van der Waals surface area contributed by atoms with Gasteiger partial charge in [-0.05, 0) is 49.7 Å². The first kappa shape index (κ1) is 46.4. The summed E-state index contributed by atoms with van der Waals surface area (Å²) in [5.41, 5.74) is 11.0. The van der Waals surface area contributed by atoms with E-state index in [1.54, 1.807) is 0 Å². The first-order valence-electron chi connectivity index (χ1n) is 14.9. The van der Waals surface area contributed by atoms with Gasteiger partial charge in [0.1, 0.15) is 35.3 Å².